The molecule has 0 fully saturated rings. The number of halogens is 2. The topological polar surface area (TPSA) is 372 Å². The number of carboxylic acids is 2. The molecule has 27 heteroatoms. The van der Waals surface area contributed by atoms with E-state index in [9.17, 15) is 66.7 Å². The number of allylic oxidation sites excluding steroid dienone is 2. The first-order valence-corrected chi connectivity index (χ1v) is 23.7. The minimum absolute atomic E-state index is 0. The van der Waals surface area contributed by atoms with E-state index in [1.165, 1.54) is 60.7 Å². The van der Waals surface area contributed by atoms with Gasteiger partial charge in [0.05, 0.1) is 65.9 Å². The number of para-hydroxylation sites is 4. The number of nitrogens with zero attached hydrogens (tertiary/aromatic N) is 4. The Morgan fingerprint density at radius 3 is 1.11 bits per heavy atom. The number of hydrogen-bond donors (Lipinski definition) is 4. The molecule has 6 rings (SSSR count). The van der Waals surface area contributed by atoms with E-state index in [1.807, 2.05) is 0 Å². The van der Waals surface area contributed by atoms with Crippen LogP contribution in [0.1, 0.15) is 34.6 Å². The fourth-order valence-electron chi connectivity index (χ4n) is 5.64. The predicted octanol–water partition coefficient (Wildman–Crippen LogP) is 3.78. The molecule has 4 N–H and O–H groups in total. The monoisotopic (exact) mass is 1110 g/mol. The standard InChI is InChI=1S/2C23H19ClN4O7S.Co/c2*1-13(29)21(22(31)25-18-9-5-3-7-16(18)24)27-26-19-12-14(10-11-20(19)30)36(34,35)28-17-8-4-2-6-15(17)23(32)33;/h2*2-12,28-30H,1H3,(H,25,31)(H,32,33);/q;;+3/p-6/b2*21-13+,27-26?;. The summed E-state index contributed by atoms with van der Waals surface area (Å²) in [5.74, 6) is -8.14. The summed E-state index contributed by atoms with van der Waals surface area (Å²) in [7, 11) is -8.75. The molecular weight excluding hydrogens is 1080 g/mol. The molecule has 0 heterocycles. The maximum absolute atomic E-state index is 12.8. The zero-order chi connectivity index (χ0) is 52.9. The molecule has 6 aromatic carbocycles. The molecule has 0 spiro atoms. The Kier molecular flexibility index (Phi) is 19.7. The van der Waals surface area contributed by atoms with Gasteiger partial charge in [-0.2, -0.15) is 10.2 Å². The van der Waals surface area contributed by atoms with Crippen molar-refractivity contribution in [2.75, 3.05) is 20.1 Å². The van der Waals surface area contributed by atoms with Gasteiger partial charge in [-0.25, -0.2) is 16.8 Å². The van der Waals surface area contributed by atoms with Gasteiger partial charge in [0.15, 0.2) is 0 Å². The zero-order valence-electron chi connectivity index (χ0n) is 37.1. The Balaban J connectivity index is 0.000000312. The van der Waals surface area contributed by atoms with Crippen LogP contribution >= 0.6 is 23.2 Å². The van der Waals surface area contributed by atoms with Gasteiger partial charge in [-0.15, -0.1) is 21.7 Å². The molecule has 2 amide bonds. The summed E-state index contributed by atoms with van der Waals surface area (Å²) in [6.07, 6.45) is 0. The molecule has 0 saturated carbocycles. The van der Waals surface area contributed by atoms with E-state index in [4.69, 9.17) is 23.2 Å². The number of sulfonamides is 2. The first-order valence-electron chi connectivity index (χ1n) is 20.0. The number of carbonyl (C=O) groups is 4. The average molecular weight is 1110 g/mol. The van der Waals surface area contributed by atoms with E-state index in [1.54, 1.807) is 24.3 Å². The maximum atomic E-state index is 12.8. The molecule has 0 saturated heterocycles. The SMILES string of the molecule is C/C([O-])=C(\N=Nc1cc(S(=O)(=O)Nc2ccccc2C(=O)[O-])ccc1[O-])C(=O)Nc1ccccc1Cl.C/C([O-])=C(\N=Nc1cc(S(=O)(=O)Nc2ccccc2C(=O)[O-])ccc1[O-])C(=O)Nc1ccccc1Cl.[Co+3]. The second-order valence-electron chi connectivity index (χ2n) is 14.2. The Bertz CT molecular complexity index is 3230. The third-order valence-corrected chi connectivity index (χ3v) is 12.5. The van der Waals surface area contributed by atoms with Crippen molar-refractivity contribution < 1.29 is 83.4 Å². The second-order valence-corrected chi connectivity index (χ2v) is 18.4. The van der Waals surface area contributed by atoms with Gasteiger partial charge in [0.2, 0.25) is 0 Å². The molecule has 0 aliphatic heterocycles. The summed E-state index contributed by atoms with van der Waals surface area (Å²) in [5, 5.41) is 90.4. The van der Waals surface area contributed by atoms with Crippen LogP contribution in [0.4, 0.5) is 34.1 Å². The molecular formula is C46H32Cl2CoN8O14S2-3. The summed E-state index contributed by atoms with van der Waals surface area (Å²) in [4.78, 5) is 46.6. The third kappa shape index (κ3) is 15.3. The Hall–Kier alpha value is -8.33. The largest absolute Gasteiger partial charge is 3.00 e. The molecule has 0 aromatic heterocycles. The number of rotatable bonds is 16. The molecule has 0 atom stereocenters. The van der Waals surface area contributed by atoms with Gasteiger partial charge in [-0.05, 0) is 60.7 Å². The molecule has 0 bridgehead atoms. The van der Waals surface area contributed by atoms with Crippen molar-refractivity contribution in [3.8, 4) is 11.5 Å². The Labute approximate surface area is 435 Å². The van der Waals surface area contributed by atoms with Crippen molar-refractivity contribution in [3.63, 3.8) is 0 Å². The maximum Gasteiger partial charge on any atom is 3.00 e. The first-order chi connectivity index (χ1) is 34.0. The molecule has 6 aromatic rings. The quantitative estimate of drug-likeness (QED) is 0.0609. The fraction of sp³-hybridized carbons (Fsp3) is 0.0435. The average Bonchev–Trinajstić information content (AvgIpc) is 3.31. The van der Waals surface area contributed by atoms with Crippen LogP contribution in [0, 0.1) is 0 Å². The minimum Gasteiger partial charge on any atom is -0.874 e. The van der Waals surface area contributed by atoms with Gasteiger partial charge in [0.1, 0.15) is 11.4 Å². The van der Waals surface area contributed by atoms with Crippen LogP contribution in [0.2, 0.25) is 10.0 Å². The normalized spacial score (nSPS) is 12.0. The zero-order valence-corrected chi connectivity index (χ0v) is 41.3. The van der Waals surface area contributed by atoms with E-state index >= 15 is 0 Å². The summed E-state index contributed by atoms with van der Waals surface area (Å²) in [6.45, 7) is 2.11. The van der Waals surface area contributed by atoms with E-state index in [2.05, 4.69) is 40.5 Å². The number of carbonyl (C=O) groups excluding carboxylic acids is 4. The predicted molar refractivity (Wildman–Crippen MR) is 250 cm³/mol. The molecule has 378 valence electrons. The van der Waals surface area contributed by atoms with E-state index in [0.717, 1.165) is 62.4 Å². The third-order valence-electron chi connectivity index (χ3n) is 9.12. The van der Waals surface area contributed by atoms with Gasteiger partial charge in [-0.3, -0.25) is 19.0 Å². The molecule has 0 unspecified atom stereocenters. The number of azo groups is 2. The number of hydrogen-bond acceptors (Lipinski definition) is 18. The van der Waals surface area contributed by atoms with Gasteiger partial charge >= 0.3 is 16.8 Å². The van der Waals surface area contributed by atoms with E-state index in [0.29, 0.717) is 0 Å². The van der Waals surface area contributed by atoms with Crippen molar-refractivity contribution in [2.45, 2.75) is 23.6 Å². The number of benzene rings is 6. The number of aromatic carboxylic acids is 2. The Morgan fingerprint density at radius 2 is 0.795 bits per heavy atom. The van der Waals surface area contributed by atoms with Crippen LogP contribution in [0.3, 0.4) is 0 Å². The van der Waals surface area contributed by atoms with Gasteiger partial charge in [-0.1, -0.05) is 121 Å². The van der Waals surface area contributed by atoms with E-state index in [-0.39, 0.29) is 49.6 Å². The van der Waals surface area contributed by atoms with Gasteiger partial charge in [0.25, 0.3) is 31.9 Å². The van der Waals surface area contributed by atoms with Crippen LogP contribution in [0.15, 0.2) is 187 Å². The summed E-state index contributed by atoms with van der Waals surface area (Å²) >= 11 is 12.0. The summed E-state index contributed by atoms with van der Waals surface area (Å²) in [6, 6.07) is 28.3. The van der Waals surface area contributed by atoms with Crippen LogP contribution < -0.4 is 50.7 Å². The molecule has 0 radical (unpaired) electrons. The molecule has 0 aliphatic carbocycles. The second kappa shape index (κ2) is 25.2. The number of carboxylic acid groups (broad SMARTS) is 2. The summed E-state index contributed by atoms with van der Waals surface area (Å²) < 4.78 is 55.4. The van der Waals surface area contributed by atoms with Gasteiger partial charge in [0, 0.05) is 11.1 Å². The number of amides is 2. The van der Waals surface area contributed by atoms with Crippen LogP contribution in [0.5, 0.6) is 11.5 Å². The van der Waals surface area contributed by atoms with Crippen molar-refractivity contribution in [2.24, 2.45) is 20.5 Å². The summed E-state index contributed by atoms with van der Waals surface area (Å²) in [5.41, 5.74) is -3.20. The van der Waals surface area contributed by atoms with Crippen LogP contribution in [-0.2, 0) is 46.4 Å². The molecule has 0 aliphatic rings. The van der Waals surface area contributed by atoms with Crippen molar-refractivity contribution >= 4 is 101 Å². The Morgan fingerprint density at radius 1 is 0.479 bits per heavy atom. The minimum atomic E-state index is -4.37. The van der Waals surface area contributed by atoms with Crippen molar-refractivity contribution in [3.05, 3.63) is 178 Å². The molecule has 73 heavy (non-hydrogen) atoms. The van der Waals surface area contributed by atoms with Crippen LogP contribution in [-0.4, -0.2) is 40.6 Å². The van der Waals surface area contributed by atoms with Crippen molar-refractivity contribution in [1.82, 2.24) is 0 Å². The van der Waals surface area contributed by atoms with Crippen molar-refractivity contribution in [1.29, 1.82) is 0 Å². The van der Waals surface area contributed by atoms with E-state index < -0.39 is 111 Å². The fourth-order valence-corrected chi connectivity index (χ4v) is 8.20. The smallest absolute Gasteiger partial charge is 0.874 e. The first kappa shape index (κ1) is 57.2. The van der Waals surface area contributed by atoms with Crippen LogP contribution in [0.25, 0.3) is 0 Å². The number of anilines is 4. The molecule has 22 nitrogen and oxygen atoms in total. The van der Waals surface area contributed by atoms with Gasteiger partial charge < -0.3 is 50.9 Å². The number of nitrogens with one attached hydrogen (secondary N) is 4.